The van der Waals surface area contributed by atoms with Crippen LogP contribution < -0.4 is 20.5 Å². The standard InChI is InChI=1S/C18H21N3O7/c19-17(24)12-3-1-2-6-21(12)15(22)9-26-16(23)8-20-18(25)11-4-5-13-14(7-11)28-10-27-13/h4-5,7,12H,1-3,6,8-10H2,(H2,19,24)(H,20,25)/t12-/m1/s1. The molecule has 0 saturated carbocycles. The lowest BCUT2D eigenvalue weighted by molar-refractivity contribution is -0.154. The number of rotatable bonds is 6. The van der Waals surface area contributed by atoms with Gasteiger partial charge in [-0.1, -0.05) is 0 Å². The van der Waals surface area contributed by atoms with Crippen LogP contribution in [0.4, 0.5) is 0 Å². The van der Waals surface area contributed by atoms with Crippen LogP contribution in [0, 0.1) is 0 Å². The number of primary amides is 1. The van der Waals surface area contributed by atoms with Crippen LogP contribution in [-0.4, -0.2) is 61.1 Å². The maximum Gasteiger partial charge on any atom is 0.325 e. The Balaban J connectivity index is 1.44. The second kappa shape index (κ2) is 8.59. The van der Waals surface area contributed by atoms with Crippen LogP contribution in [0.2, 0.25) is 0 Å². The largest absolute Gasteiger partial charge is 0.454 e. The highest BCUT2D eigenvalue weighted by Gasteiger charge is 2.31. The molecule has 1 aromatic carbocycles. The van der Waals surface area contributed by atoms with Gasteiger partial charge in [0, 0.05) is 12.1 Å². The van der Waals surface area contributed by atoms with Gasteiger partial charge >= 0.3 is 5.97 Å². The molecule has 0 aromatic heterocycles. The zero-order chi connectivity index (χ0) is 20.1. The molecule has 10 nitrogen and oxygen atoms in total. The van der Waals surface area contributed by atoms with Gasteiger partial charge in [-0.05, 0) is 37.5 Å². The van der Waals surface area contributed by atoms with Crippen LogP contribution >= 0.6 is 0 Å². The second-order valence-corrected chi connectivity index (χ2v) is 6.41. The molecule has 1 saturated heterocycles. The summed E-state index contributed by atoms with van der Waals surface area (Å²) in [5, 5.41) is 2.41. The average Bonchev–Trinajstić information content (AvgIpc) is 3.17. The summed E-state index contributed by atoms with van der Waals surface area (Å²) in [6.07, 6.45) is 2.07. The molecule has 0 aliphatic carbocycles. The van der Waals surface area contributed by atoms with Gasteiger partial charge in [0.1, 0.15) is 12.6 Å². The molecule has 3 rings (SSSR count). The van der Waals surface area contributed by atoms with Gasteiger partial charge in [0.15, 0.2) is 18.1 Å². The lowest BCUT2D eigenvalue weighted by atomic mass is 10.0. The molecule has 150 valence electrons. The molecule has 2 aliphatic rings. The van der Waals surface area contributed by atoms with Crippen molar-refractivity contribution in [1.82, 2.24) is 10.2 Å². The number of carbonyl (C=O) groups excluding carboxylic acids is 4. The third kappa shape index (κ3) is 4.51. The first-order valence-electron chi connectivity index (χ1n) is 8.88. The minimum atomic E-state index is -0.768. The van der Waals surface area contributed by atoms with Crippen LogP contribution in [0.1, 0.15) is 29.6 Å². The summed E-state index contributed by atoms with van der Waals surface area (Å²) in [4.78, 5) is 48.9. The van der Waals surface area contributed by atoms with Crippen molar-refractivity contribution in [3.8, 4) is 11.5 Å². The highest BCUT2D eigenvalue weighted by Crippen LogP contribution is 2.32. The Kier molecular flexibility index (Phi) is 5.97. The lowest BCUT2D eigenvalue weighted by Crippen LogP contribution is -2.51. The summed E-state index contributed by atoms with van der Waals surface area (Å²) < 4.78 is 15.3. The van der Waals surface area contributed by atoms with Gasteiger partial charge in [-0.25, -0.2) is 0 Å². The maximum absolute atomic E-state index is 12.2. The van der Waals surface area contributed by atoms with Crippen molar-refractivity contribution < 1.29 is 33.4 Å². The van der Waals surface area contributed by atoms with Crippen molar-refractivity contribution in [3.05, 3.63) is 23.8 Å². The number of likely N-dealkylation sites (tertiary alicyclic amines) is 1. The predicted octanol–water partition coefficient (Wildman–Crippen LogP) is -0.445. The summed E-state index contributed by atoms with van der Waals surface area (Å²) in [5.74, 6) is -1.33. The van der Waals surface area contributed by atoms with E-state index in [0.29, 0.717) is 30.0 Å². The minimum Gasteiger partial charge on any atom is -0.454 e. The number of ether oxygens (including phenoxy) is 3. The average molecular weight is 391 g/mol. The third-order valence-corrected chi connectivity index (χ3v) is 4.54. The Morgan fingerprint density at radius 3 is 2.75 bits per heavy atom. The van der Waals surface area contributed by atoms with E-state index < -0.39 is 42.9 Å². The molecule has 2 heterocycles. The van der Waals surface area contributed by atoms with E-state index in [-0.39, 0.29) is 6.79 Å². The zero-order valence-electron chi connectivity index (χ0n) is 15.1. The topological polar surface area (TPSA) is 137 Å². The van der Waals surface area contributed by atoms with Crippen molar-refractivity contribution in [3.63, 3.8) is 0 Å². The SMILES string of the molecule is NC(=O)[C@H]1CCCCN1C(=O)COC(=O)CNC(=O)c1ccc2c(c1)OCO2. The van der Waals surface area contributed by atoms with E-state index in [4.69, 9.17) is 19.9 Å². The van der Waals surface area contributed by atoms with Crippen molar-refractivity contribution in [1.29, 1.82) is 0 Å². The Bertz CT molecular complexity index is 795. The molecule has 10 heteroatoms. The molecule has 1 fully saturated rings. The number of piperidine rings is 1. The number of amides is 3. The fraction of sp³-hybridized carbons (Fsp3) is 0.444. The molecule has 1 atom stereocenters. The fourth-order valence-electron chi connectivity index (χ4n) is 3.09. The van der Waals surface area contributed by atoms with Gasteiger partial charge in [-0.2, -0.15) is 0 Å². The first-order valence-corrected chi connectivity index (χ1v) is 8.88. The van der Waals surface area contributed by atoms with Crippen LogP contribution in [-0.2, 0) is 19.1 Å². The smallest absolute Gasteiger partial charge is 0.325 e. The van der Waals surface area contributed by atoms with Crippen molar-refractivity contribution >= 4 is 23.7 Å². The number of nitrogens with zero attached hydrogens (tertiary/aromatic N) is 1. The molecular formula is C18H21N3O7. The van der Waals surface area contributed by atoms with E-state index >= 15 is 0 Å². The van der Waals surface area contributed by atoms with Gasteiger partial charge in [0.2, 0.25) is 12.7 Å². The fourth-order valence-corrected chi connectivity index (χ4v) is 3.09. The molecule has 1 aromatic rings. The first-order chi connectivity index (χ1) is 13.5. The number of hydrogen-bond donors (Lipinski definition) is 2. The van der Waals surface area contributed by atoms with Crippen LogP contribution in [0.5, 0.6) is 11.5 Å². The zero-order valence-corrected chi connectivity index (χ0v) is 15.1. The Morgan fingerprint density at radius 2 is 1.96 bits per heavy atom. The number of nitrogens with two attached hydrogens (primary N) is 1. The Labute approximate surface area is 160 Å². The summed E-state index contributed by atoms with van der Waals surface area (Å²) in [6.45, 7) is -0.429. The normalized spacial score (nSPS) is 17.7. The van der Waals surface area contributed by atoms with E-state index in [1.54, 1.807) is 6.07 Å². The van der Waals surface area contributed by atoms with Crippen LogP contribution in [0.25, 0.3) is 0 Å². The van der Waals surface area contributed by atoms with Gasteiger partial charge in [0.25, 0.3) is 11.8 Å². The van der Waals surface area contributed by atoms with E-state index in [0.717, 1.165) is 12.8 Å². The molecule has 28 heavy (non-hydrogen) atoms. The molecule has 0 spiro atoms. The summed E-state index contributed by atoms with van der Waals surface area (Å²) in [7, 11) is 0. The minimum absolute atomic E-state index is 0.0917. The highest BCUT2D eigenvalue weighted by atomic mass is 16.7. The Morgan fingerprint density at radius 1 is 1.18 bits per heavy atom. The second-order valence-electron chi connectivity index (χ2n) is 6.41. The van der Waals surface area contributed by atoms with E-state index in [1.165, 1.54) is 17.0 Å². The number of benzene rings is 1. The first kappa shape index (κ1) is 19.5. The Hall–Kier alpha value is -3.30. The lowest BCUT2D eigenvalue weighted by Gasteiger charge is -2.33. The van der Waals surface area contributed by atoms with Crippen LogP contribution in [0.15, 0.2) is 18.2 Å². The third-order valence-electron chi connectivity index (χ3n) is 4.54. The van der Waals surface area contributed by atoms with Gasteiger partial charge in [-0.3, -0.25) is 19.2 Å². The monoisotopic (exact) mass is 391 g/mol. The van der Waals surface area contributed by atoms with Crippen molar-refractivity contribution in [2.45, 2.75) is 25.3 Å². The predicted molar refractivity (Wildman–Crippen MR) is 94.4 cm³/mol. The van der Waals surface area contributed by atoms with Crippen LogP contribution in [0.3, 0.4) is 0 Å². The molecule has 3 amide bonds. The van der Waals surface area contributed by atoms with E-state index in [2.05, 4.69) is 5.32 Å². The molecule has 0 unspecified atom stereocenters. The number of hydrogen-bond acceptors (Lipinski definition) is 7. The molecule has 3 N–H and O–H groups in total. The maximum atomic E-state index is 12.2. The number of carbonyl (C=O) groups is 4. The van der Waals surface area contributed by atoms with Crippen molar-refractivity contribution in [2.75, 3.05) is 26.5 Å². The highest BCUT2D eigenvalue weighted by molar-refractivity contribution is 5.96. The molecular weight excluding hydrogens is 370 g/mol. The van der Waals surface area contributed by atoms with Gasteiger partial charge < -0.3 is 30.2 Å². The molecule has 2 aliphatic heterocycles. The van der Waals surface area contributed by atoms with E-state index in [9.17, 15) is 19.2 Å². The van der Waals surface area contributed by atoms with E-state index in [1.807, 2.05) is 0 Å². The van der Waals surface area contributed by atoms with Crippen molar-refractivity contribution in [2.24, 2.45) is 5.73 Å². The summed E-state index contributed by atoms with van der Waals surface area (Å²) in [6, 6.07) is 3.97. The molecule has 0 bridgehead atoms. The number of fused-ring (bicyclic) bond motifs is 1. The number of nitrogens with one attached hydrogen (secondary N) is 1. The quantitative estimate of drug-likeness (QED) is 0.627. The summed E-state index contributed by atoms with van der Waals surface area (Å²) >= 11 is 0. The van der Waals surface area contributed by atoms with Gasteiger partial charge in [0.05, 0.1) is 0 Å². The number of esters is 1. The molecule has 0 radical (unpaired) electrons. The summed E-state index contributed by atoms with van der Waals surface area (Å²) in [5.41, 5.74) is 5.61. The van der Waals surface area contributed by atoms with Gasteiger partial charge in [-0.15, -0.1) is 0 Å².